The molecule has 0 spiro atoms. The van der Waals surface area contributed by atoms with Crippen LogP contribution in [0.3, 0.4) is 0 Å². The molecule has 2 heterocycles. The van der Waals surface area contributed by atoms with E-state index in [1.807, 2.05) is 54.3 Å². The number of aromatic nitrogens is 2. The molecule has 0 unspecified atom stereocenters. The number of hydrogen-bond acceptors (Lipinski definition) is 5. The van der Waals surface area contributed by atoms with Gasteiger partial charge in [-0.2, -0.15) is 0 Å². The molecule has 0 amide bonds. The number of aryl methyl sites for hydroxylation is 1. The number of ketones is 1. The lowest BCUT2D eigenvalue weighted by Crippen LogP contribution is -2.32. The Kier molecular flexibility index (Phi) is 3.41. The van der Waals surface area contributed by atoms with E-state index in [0.717, 1.165) is 33.7 Å². The summed E-state index contributed by atoms with van der Waals surface area (Å²) in [5.41, 5.74) is 2.85. The van der Waals surface area contributed by atoms with Crippen LogP contribution < -0.4 is 9.64 Å². The van der Waals surface area contributed by atoms with Crippen molar-refractivity contribution in [2.45, 2.75) is 13.3 Å². The molecule has 1 aromatic heterocycles. The van der Waals surface area contributed by atoms with E-state index in [9.17, 15) is 4.79 Å². The monoisotopic (exact) mass is 319 g/mol. The summed E-state index contributed by atoms with van der Waals surface area (Å²) in [6.45, 7) is 2.19. The van der Waals surface area contributed by atoms with Crippen LogP contribution in [-0.4, -0.2) is 29.4 Å². The summed E-state index contributed by atoms with van der Waals surface area (Å²) in [4.78, 5) is 23.4. The van der Waals surface area contributed by atoms with Crippen molar-refractivity contribution in [1.29, 1.82) is 0 Å². The molecule has 0 N–H and O–H groups in total. The first-order chi connectivity index (χ1) is 11.7. The minimum atomic E-state index is 0.163. The van der Waals surface area contributed by atoms with Crippen molar-refractivity contribution in [1.82, 2.24) is 9.97 Å². The number of benzene rings is 2. The highest BCUT2D eigenvalue weighted by molar-refractivity contribution is 5.98. The van der Waals surface area contributed by atoms with Crippen molar-refractivity contribution in [3.63, 3.8) is 0 Å². The van der Waals surface area contributed by atoms with Gasteiger partial charge in [-0.25, -0.2) is 9.97 Å². The molecule has 0 bridgehead atoms. The fraction of sp³-hybridized carbons (Fsp3) is 0.211. The normalized spacial score (nSPS) is 13.9. The van der Waals surface area contributed by atoms with Crippen LogP contribution in [0.5, 0.6) is 5.75 Å². The molecule has 0 saturated carbocycles. The lowest BCUT2D eigenvalue weighted by Gasteiger charge is -2.30. The van der Waals surface area contributed by atoms with Crippen molar-refractivity contribution < 1.29 is 9.53 Å². The van der Waals surface area contributed by atoms with E-state index >= 15 is 0 Å². The molecule has 0 atom stereocenters. The lowest BCUT2D eigenvalue weighted by atomic mass is 10.00. The van der Waals surface area contributed by atoms with Gasteiger partial charge in [0, 0.05) is 17.5 Å². The second-order valence-corrected chi connectivity index (χ2v) is 5.91. The van der Waals surface area contributed by atoms with Gasteiger partial charge in [0.2, 0.25) is 0 Å². The lowest BCUT2D eigenvalue weighted by molar-refractivity contribution is -0.117. The molecular weight excluding hydrogens is 302 g/mol. The van der Waals surface area contributed by atoms with Gasteiger partial charge < -0.3 is 9.64 Å². The molecule has 0 saturated heterocycles. The topological polar surface area (TPSA) is 55.3 Å². The summed E-state index contributed by atoms with van der Waals surface area (Å²) in [6.07, 6.45) is 0.422. The predicted molar refractivity (Wildman–Crippen MR) is 93.0 cm³/mol. The molecule has 0 aliphatic carbocycles. The Hall–Kier alpha value is -2.95. The Morgan fingerprint density at radius 2 is 1.96 bits per heavy atom. The van der Waals surface area contributed by atoms with E-state index in [2.05, 4.69) is 9.97 Å². The van der Waals surface area contributed by atoms with Crippen molar-refractivity contribution in [2.24, 2.45) is 0 Å². The second-order valence-electron chi connectivity index (χ2n) is 5.91. The maximum absolute atomic E-state index is 12.3. The van der Waals surface area contributed by atoms with E-state index in [1.54, 1.807) is 7.11 Å². The summed E-state index contributed by atoms with van der Waals surface area (Å²) in [6, 6.07) is 13.7. The zero-order valence-electron chi connectivity index (χ0n) is 13.6. The van der Waals surface area contributed by atoms with Crippen LogP contribution in [-0.2, 0) is 11.2 Å². The Bertz CT molecular complexity index is 952. The molecule has 5 heteroatoms. The number of para-hydroxylation sites is 1. The smallest absolute Gasteiger partial charge is 0.157 e. The first kappa shape index (κ1) is 14.6. The SMILES string of the molecule is COc1ccc2c(c1)CC(=O)CN2c1nc(C)nc2ccccc12. The van der Waals surface area contributed by atoms with Crippen molar-refractivity contribution in [3.05, 3.63) is 53.9 Å². The van der Waals surface area contributed by atoms with Crippen LogP contribution in [0.25, 0.3) is 10.9 Å². The number of nitrogens with zero attached hydrogens (tertiary/aromatic N) is 3. The number of rotatable bonds is 2. The van der Waals surface area contributed by atoms with Gasteiger partial charge in [-0.3, -0.25) is 4.79 Å². The van der Waals surface area contributed by atoms with Gasteiger partial charge >= 0.3 is 0 Å². The Morgan fingerprint density at radius 3 is 2.79 bits per heavy atom. The van der Waals surface area contributed by atoms with Gasteiger partial charge in [0.05, 0.1) is 19.2 Å². The van der Waals surface area contributed by atoms with Gasteiger partial charge in [0.15, 0.2) is 5.78 Å². The number of Topliss-reactive ketones (excluding diaryl/α,β-unsaturated/α-hetero) is 1. The number of methoxy groups -OCH3 is 1. The van der Waals surface area contributed by atoms with Crippen molar-refractivity contribution >= 4 is 28.2 Å². The minimum absolute atomic E-state index is 0.163. The van der Waals surface area contributed by atoms with Gasteiger partial charge in [-0.05, 0) is 42.8 Å². The Morgan fingerprint density at radius 1 is 1.12 bits per heavy atom. The average molecular weight is 319 g/mol. The molecule has 4 rings (SSSR count). The number of carbonyl (C=O) groups excluding carboxylic acids is 1. The van der Waals surface area contributed by atoms with E-state index < -0.39 is 0 Å². The van der Waals surface area contributed by atoms with Crippen LogP contribution in [0.15, 0.2) is 42.5 Å². The molecule has 0 fully saturated rings. The highest BCUT2D eigenvalue weighted by Gasteiger charge is 2.26. The Labute approximate surface area is 139 Å². The van der Waals surface area contributed by atoms with Crippen molar-refractivity contribution in [2.75, 3.05) is 18.6 Å². The summed E-state index contributed by atoms with van der Waals surface area (Å²) < 4.78 is 5.29. The van der Waals surface area contributed by atoms with Crippen LogP contribution in [0, 0.1) is 6.92 Å². The molecule has 3 aromatic rings. The fourth-order valence-corrected chi connectivity index (χ4v) is 3.19. The first-order valence-electron chi connectivity index (χ1n) is 7.85. The zero-order valence-corrected chi connectivity index (χ0v) is 13.6. The van der Waals surface area contributed by atoms with Crippen LogP contribution in [0.2, 0.25) is 0 Å². The van der Waals surface area contributed by atoms with Gasteiger partial charge in [0.25, 0.3) is 0 Å². The van der Waals surface area contributed by atoms with E-state index in [1.165, 1.54) is 0 Å². The van der Waals surface area contributed by atoms with Crippen LogP contribution in [0.1, 0.15) is 11.4 Å². The maximum atomic E-state index is 12.3. The third kappa shape index (κ3) is 2.38. The maximum Gasteiger partial charge on any atom is 0.157 e. The molecule has 2 aromatic carbocycles. The zero-order chi connectivity index (χ0) is 16.7. The number of ether oxygens (including phenoxy) is 1. The fourth-order valence-electron chi connectivity index (χ4n) is 3.19. The third-order valence-corrected chi connectivity index (χ3v) is 4.25. The second kappa shape index (κ2) is 5.60. The summed E-state index contributed by atoms with van der Waals surface area (Å²) >= 11 is 0. The summed E-state index contributed by atoms with van der Waals surface area (Å²) in [7, 11) is 1.63. The Balaban J connectivity index is 1.94. The van der Waals surface area contributed by atoms with Gasteiger partial charge in [-0.15, -0.1) is 0 Å². The van der Waals surface area contributed by atoms with Crippen molar-refractivity contribution in [3.8, 4) is 5.75 Å². The number of hydrogen-bond donors (Lipinski definition) is 0. The highest BCUT2D eigenvalue weighted by atomic mass is 16.5. The number of carbonyl (C=O) groups is 1. The highest BCUT2D eigenvalue weighted by Crippen LogP contribution is 2.36. The summed E-state index contributed by atoms with van der Waals surface area (Å²) in [5.74, 6) is 2.39. The largest absolute Gasteiger partial charge is 0.497 e. The van der Waals surface area contributed by atoms with Crippen LogP contribution >= 0.6 is 0 Å². The molecular formula is C19H17N3O2. The van der Waals surface area contributed by atoms with Gasteiger partial charge in [-0.1, -0.05) is 12.1 Å². The number of fused-ring (bicyclic) bond motifs is 2. The first-order valence-corrected chi connectivity index (χ1v) is 7.85. The van der Waals surface area contributed by atoms with E-state index in [4.69, 9.17) is 4.74 Å². The quantitative estimate of drug-likeness (QED) is 0.726. The predicted octanol–water partition coefficient (Wildman–Crippen LogP) is 3.21. The number of anilines is 2. The van der Waals surface area contributed by atoms with Crippen LogP contribution in [0.4, 0.5) is 11.5 Å². The molecule has 24 heavy (non-hydrogen) atoms. The third-order valence-electron chi connectivity index (χ3n) is 4.25. The summed E-state index contributed by atoms with van der Waals surface area (Å²) in [5, 5.41) is 0.944. The van der Waals surface area contributed by atoms with E-state index in [-0.39, 0.29) is 5.78 Å². The van der Waals surface area contributed by atoms with Gasteiger partial charge in [0.1, 0.15) is 17.4 Å². The standard InChI is InChI=1S/C19H17N3O2/c1-12-20-17-6-4-3-5-16(17)19(21-12)22-11-14(23)9-13-10-15(24-2)7-8-18(13)22/h3-8,10H,9,11H2,1-2H3. The van der Waals surface area contributed by atoms with E-state index in [0.29, 0.717) is 18.8 Å². The average Bonchev–Trinajstić information content (AvgIpc) is 2.59. The molecule has 120 valence electrons. The molecule has 1 aliphatic rings. The molecule has 5 nitrogen and oxygen atoms in total. The minimum Gasteiger partial charge on any atom is -0.497 e. The molecule has 0 radical (unpaired) electrons. The molecule has 1 aliphatic heterocycles.